The van der Waals surface area contributed by atoms with Crippen molar-refractivity contribution in [1.29, 1.82) is 0 Å². The molecule has 1 aliphatic heterocycles. The fraction of sp³-hybridized carbons (Fsp3) is 0.750. The topological polar surface area (TPSA) is 138 Å². The molecular weight excluding hydrogens is 593 g/mol. The second-order valence-electron chi connectivity index (χ2n) is 10.1. The van der Waals surface area contributed by atoms with Gasteiger partial charge in [-0.15, -0.1) is 37.2 Å². The standard InChI is InChI=1S/C28H51N5O5.3ClH/c34-20-4-9-28(10-5-21-35,11-6-22-36)32-27(37)26(24-38-23-25-7-2-1-3-8-25)33-18-16-30-14-12-29-13-15-31-17-19-33;;;/h1-3,7-8,26,29-31,34-36H,4-6,9-24H2,(H,32,37);3*1H. The number of aliphatic hydroxyl groups is 3. The maximum Gasteiger partial charge on any atom is 0.240 e. The van der Waals surface area contributed by atoms with Crippen molar-refractivity contribution in [1.82, 2.24) is 26.2 Å². The lowest BCUT2D eigenvalue weighted by molar-refractivity contribution is -0.131. The number of halogens is 3. The lowest BCUT2D eigenvalue weighted by atomic mass is 9.83. The minimum atomic E-state index is -0.600. The molecule has 1 fully saturated rings. The van der Waals surface area contributed by atoms with Gasteiger partial charge in [-0.25, -0.2) is 0 Å². The van der Waals surface area contributed by atoms with Gasteiger partial charge in [-0.3, -0.25) is 9.69 Å². The summed E-state index contributed by atoms with van der Waals surface area (Å²) in [6, 6.07) is 9.44. The Morgan fingerprint density at radius 2 is 1.27 bits per heavy atom. The first-order chi connectivity index (χ1) is 18.6. The quantitative estimate of drug-likeness (QED) is 0.141. The number of benzene rings is 1. The van der Waals surface area contributed by atoms with E-state index in [-0.39, 0.29) is 69.6 Å². The van der Waals surface area contributed by atoms with Crippen molar-refractivity contribution >= 4 is 43.1 Å². The summed E-state index contributed by atoms with van der Waals surface area (Å²) < 4.78 is 6.11. The van der Waals surface area contributed by atoms with Crippen LogP contribution >= 0.6 is 37.2 Å². The van der Waals surface area contributed by atoms with Gasteiger partial charge in [-0.05, 0) is 44.1 Å². The van der Waals surface area contributed by atoms with E-state index in [9.17, 15) is 20.1 Å². The van der Waals surface area contributed by atoms with Crippen molar-refractivity contribution in [2.24, 2.45) is 0 Å². The molecule has 0 spiro atoms. The number of hydrogen-bond acceptors (Lipinski definition) is 9. The summed E-state index contributed by atoms with van der Waals surface area (Å²) in [6.07, 6.45) is 3.38. The third kappa shape index (κ3) is 17.8. The molecule has 41 heavy (non-hydrogen) atoms. The third-order valence-corrected chi connectivity index (χ3v) is 7.07. The lowest BCUT2D eigenvalue weighted by Gasteiger charge is -2.39. The minimum Gasteiger partial charge on any atom is -0.396 e. The number of nitrogens with one attached hydrogen (secondary N) is 4. The smallest absolute Gasteiger partial charge is 0.240 e. The van der Waals surface area contributed by atoms with Crippen LogP contribution in [0.25, 0.3) is 0 Å². The number of aliphatic hydroxyl groups excluding tert-OH is 3. The van der Waals surface area contributed by atoms with Gasteiger partial charge >= 0.3 is 0 Å². The summed E-state index contributed by atoms with van der Waals surface area (Å²) in [5.41, 5.74) is 0.455. The van der Waals surface area contributed by atoms with Gasteiger partial charge in [0.15, 0.2) is 0 Å². The average Bonchev–Trinajstić information content (AvgIpc) is 2.93. The zero-order valence-electron chi connectivity index (χ0n) is 24.2. The summed E-state index contributed by atoms with van der Waals surface area (Å²) in [4.78, 5) is 16.2. The summed E-state index contributed by atoms with van der Waals surface area (Å²) in [5, 5.41) is 42.3. The normalized spacial score (nSPS) is 16.1. The maximum atomic E-state index is 14.0. The molecule has 1 aromatic carbocycles. The van der Waals surface area contributed by atoms with Crippen LogP contribution in [-0.2, 0) is 16.1 Å². The van der Waals surface area contributed by atoms with E-state index in [0.29, 0.717) is 58.2 Å². The molecule has 0 saturated carbocycles. The Hall–Kier alpha value is -0.760. The summed E-state index contributed by atoms with van der Waals surface area (Å²) in [5.74, 6) is -0.111. The zero-order valence-corrected chi connectivity index (χ0v) is 26.7. The predicted molar refractivity (Wildman–Crippen MR) is 172 cm³/mol. The number of ether oxygens (including phenoxy) is 1. The van der Waals surface area contributed by atoms with Gasteiger partial charge in [-0.2, -0.15) is 0 Å². The number of amides is 1. The fourth-order valence-corrected chi connectivity index (χ4v) is 4.97. The molecule has 0 bridgehead atoms. The molecular formula is C28H54Cl3N5O5. The van der Waals surface area contributed by atoms with Crippen LogP contribution in [0.5, 0.6) is 0 Å². The third-order valence-electron chi connectivity index (χ3n) is 7.07. The van der Waals surface area contributed by atoms with Crippen molar-refractivity contribution < 1.29 is 24.9 Å². The van der Waals surface area contributed by atoms with E-state index in [1.165, 1.54) is 0 Å². The van der Waals surface area contributed by atoms with Crippen LogP contribution in [0.1, 0.15) is 44.1 Å². The van der Waals surface area contributed by atoms with Gasteiger partial charge in [0, 0.05) is 77.7 Å². The van der Waals surface area contributed by atoms with Gasteiger partial charge in [0.2, 0.25) is 5.91 Å². The molecule has 0 aromatic heterocycles. The Balaban J connectivity index is 0. The Morgan fingerprint density at radius 1 is 0.805 bits per heavy atom. The molecule has 1 aliphatic rings. The van der Waals surface area contributed by atoms with Crippen LogP contribution in [-0.4, -0.2) is 116 Å². The van der Waals surface area contributed by atoms with E-state index in [4.69, 9.17) is 4.74 Å². The Kier molecular flexibility index (Phi) is 27.7. The summed E-state index contributed by atoms with van der Waals surface area (Å²) in [6.45, 7) is 7.19. The summed E-state index contributed by atoms with van der Waals surface area (Å²) in [7, 11) is 0. The molecule has 0 aliphatic carbocycles. The van der Waals surface area contributed by atoms with Crippen molar-refractivity contribution in [2.75, 3.05) is 78.8 Å². The van der Waals surface area contributed by atoms with E-state index in [0.717, 1.165) is 44.8 Å². The molecule has 1 heterocycles. The SMILES string of the molecule is Cl.Cl.Cl.O=C(NC(CCCO)(CCCO)CCCO)C(COCc1ccccc1)N1CCNCCNCCNCC1. The van der Waals surface area contributed by atoms with E-state index >= 15 is 0 Å². The minimum absolute atomic E-state index is 0. The lowest BCUT2D eigenvalue weighted by Crippen LogP contribution is -2.58. The molecule has 0 radical (unpaired) electrons. The van der Waals surface area contributed by atoms with Crippen LogP contribution in [0.2, 0.25) is 0 Å². The Morgan fingerprint density at radius 3 is 1.73 bits per heavy atom. The average molecular weight is 647 g/mol. The van der Waals surface area contributed by atoms with Crippen molar-refractivity contribution in [3.05, 3.63) is 35.9 Å². The molecule has 1 amide bonds. The highest BCUT2D eigenvalue weighted by molar-refractivity contribution is 5.86. The highest BCUT2D eigenvalue weighted by Gasteiger charge is 2.35. The number of rotatable bonds is 16. The largest absolute Gasteiger partial charge is 0.396 e. The van der Waals surface area contributed by atoms with Gasteiger partial charge in [0.05, 0.1) is 13.2 Å². The first kappa shape index (κ1) is 42.4. The van der Waals surface area contributed by atoms with E-state index in [1.54, 1.807) is 0 Å². The Labute approximate surface area is 265 Å². The van der Waals surface area contributed by atoms with Gasteiger partial charge in [0.25, 0.3) is 0 Å². The monoisotopic (exact) mass is 645 g/mol. The highest BCUT2D eigenvalue weighted by atomic mass is 35.5. The first-order valence-electron chi connectivity index (χ1n) is 14.3. The molecule has 1 atom stereocenters. The molecule has 13 heteroatoms. The van der Waals surface area contributed by atoms with Crippen LogP contribution in [0.3, 0.4) is 0 Å². The van der Waals surface area contributed by atoms with Crippen molar-refractivity contribution in [2.45, 2.75) is 56.7 Å². The Bertz CT molecular complexity index is 709. The second-order valence-corrected chi connectivity index (χ2v) is 10.1. The first-order valence-corrected chi connectivity index (χ1v) is 14.3. The van der Waals surface area contributed by atoms with Crippen molar-refractivity contribution in [3.63, 3.8) is 0 Å². The fourth-order valence-electron chi connectivity index (χ4n) is 4.97. The number of carbonyl (C=O) groups is 1. The van der Waals surface area contributed by atoms with Crippen LogP contribution in [0.4, 0.5) is 0 Å². The van der Waals surface area contributed by atoms with E-state index in [1.807, 2.05) is 30.3 Å². The number of carbonyl (C=O) groups excluding carboxylic acids is 1. The molecule has 7 N–H and O–H groups in total. The van der Waals surface area contributed by atoms with Crippen molar-refractivity contribution in [3.8, 4) is 0 Å². The van der Waals surface area contributed by atoms with Crippen LogP contribution < -0.4 is 21.3 Å². The second kappa shape index (κ2) is 26.8. The van der Waals surface area contributed by atoms with Crippen LogP contribution in [0, 0.1) is 0 Å². The van der Waals surface area contributed by atoms with E-state index in [2.05, 4.69) is 26.2 Å². The molecule has 2 rings (SSSR count). The van der Waals surface area contributed by atoms with Gasteiger partial charge < -0.3 is 41.3 Å². The van der Waals surface area contributed by atoms with Gasteiger partial charge in [-0.1, -0.05) is 30.3 Å². The summed E-state index contributed by atoms with van der Waals surface area (Å²) >= 11 is 0. The highest BCUT2D eigenvalue weighted by Crippen LogP contribution is 2.26. The number of nitrogens with zero attached hydrogens (tertiary/aromatic N) is 1. The zero-order chi connectivity index (χ0) is 27.3. The maximum absolute atomic E-state index is 14.0. The molecule has 1 unspecified atom stereocenters. The predicted octanol–water partition coefficient (Wildman–Crippen LogP) is 1.09. The molecule has 1 aromatic rings. The molecule has 10 nitrogen and oxygen atoms in total. The molecule has 242 valence electrons. The molecule has 1 saturated heterocycles. The number of hydrogen-bond donors (Lipinski definition) is 7. The van der Waals surface area contributed by atoms with Gasteiger partial charge in [0.1, 0.15) is 6.04 Å². The van der Waals surface area contributed by atoms with E-state index < -0.39 is 11.6 Å². The van der Waals surface area contributed by atoms with Crippen LogP contribution in [0.15, 0.2) is 30.3 Å².